The van der Waals surface area contributed by atoms with E-state index in [1.54, 1.807) is 45.0 Å². The Morgan fingerprint density at radius 2 is 2.10 bits per heavy atom. The first kappa shape index (κ1) is 22.4. The molecule has 1 aliphatic heterocycles. The van der Waals surface area contributed by atoms with Crippen LogP contribution in [0.25, 0.3) is 0 Å². The zero-order valence-corrected chi connectivity index (χ0v) is 18.0. The lowest BCUT2D eigenvalue weighted by atomic mass is 9.83. The van der Waals surface area contributed by atoms with Crippen molar-refractivity contribution in [1.29, 1.82) is 0 Å². The maximum atomic E-state index is 13.9. The van der Waals surface area contributed by atoms with Gasteiger partial charge in [0.1, 0.15) is 30.0 Å². The van der Waals surface area contributed by atoms with Gasteiger partial charge in [0.05, 0.1) is 23.1 Å². The van der Waals surface area contributed by atoms with E-state index in [1.807, 2.05) is 0 Å². The second kappa shape index (κ2) is 9.23. The Morgan fingerprint density at radius 3 is 2.80 bits per heavy atom. The third kappa shape index (κ3) is 5.05. The van der Waals surface area contributed by atoms with Gasteiger partial charge in [-0.1, -0.05) is 17.7 Å². The molecule has 0 aromatic heterocycles. The predicted octanol–water partition coefficient (Wildman–Crippen LogP) is 5.22. The SMILES string of the molecule is CCOC(=O)C(C)(C)CC1CC(O)c2cc(OCc3c(F)cccc3Cl)ccc2O1. The molecule has 1 aliphatic rings. The lowest BCUT2D eigenvalue weighted by molar-refractivity contribution is -0.155. The van der Waals surface area contributed by atoms with E-state index >= 15 is 0 Å². The Hall–Kier alpha value is -2.31. The van der Waals surface area contributed by atoms with Crippen LogP contribution in [0.2, 0.25) is 5.02 Å². The topological polar surface area (TPSA) is 65.0 Å². The third-order valence-corrected chi connectivity index (χ3v) is 5.49. The van der Waals surface area contributed by atoms with Gasteiger partial charge in [0.15, 0.2) is 0 Å². The summed E-state index contributed by atoms with van der Waals surface area (Å²) in [7, 11) is 0. The van der Waals surface area contributed by atoms with Crippen molar-refractivity contribution in [2.24, 2.45) is 5.41 Å². The molecule has 162 valence electrons. The highest BCUT2D eigenvalue weighted by Gasteiger charge is 2.37. The molecule has 0 bridgehead atoms. The molecule has 30 heavy (non-hydrogen) atoms. The molecule has 1 heterocycles. The summed E-state index contributed by atoms with van der Waals surface area (Å²) < 4.78 is 30.7. The van der Waals surface area contributed by atoms with Gasteiger partial charge >= 0.3 is 5.97 Å². The smallest absolute Gasteiger partial charge is 0.311 e. The van der Waals surface area contributed by atoms with Crippen LogP contribution in [-0.2, 0) is 16.1 Å². The van der Waals surface area contributed by atoms with Crippen molar-refractivity contribution in [2.45, 2.75) is 52.4 Å². The first-order valence-electron chi connectivity index (χ1n) is 9.93. The average Bonchev–Trinajstić information content (AvgIpc) is 2.68. The molecule has 0 radical (unpaired) electrons. The molecular formula is C23H26ClFO5. The number of ether oxygens (including phenoxy) is 3. The number of aliphatic hydroxyl groups excluding tert-OH is 1. The average molecular weight is 437 g/mol. The van der Waals surface area contributed by atoms with E-state index in [-0.39, 0.29) is 24.2 Å². The fourth-order valence-electron chi connectivity index (χ4n) is 3.52. The standard InChI is InChI=1S/C23H26ClFO5/c1-4-28-22(27)23(2,3)12-15-11-20(26)16-10-14(8-9-21(16)30-15)29-13-17-18(24)6-5-7-19(17)25/h5-10,15,20,26H,4,11-13H2,1-3H3. The lowest BCUT2D eigenvalue weighted by Gasteiger charge is -2.34. The summed E-state index contributed by atoms with van der Waals surface area (Å²) in [6.45, 7) is 5.67. The van der Waals surface area contributed by atoms with Gasteiger partial charge in [-0.15, -0.1) is 0 Å². The van der Waals surface area contributed by atoms with Gasteiger partial charge < -0.3 is 19.3 Å². The monoisotopic (exact) mass is 436 g/mol. The number of fused-ring (bicyclic) bond motifs is 1. The highest BCUT2D eigenvalue weighted by Crippen LogP contribution is 2.40. The van der Waals surface area contributed by atoms with Crippen molar-refractivity contribution in [1.82, 2.24) is 0 Å². The predicted molar refractivity (Wildman–Crippen MR) is 111 cm³/mol. The Bertz CT molecular complexity index is 894. The number of hydrogen-bond acceptors (Lipinski definition) is 5. The first-order chi connectivity index (χ1) is 14.2. The number of halogens is 2. The maximum absolute atomic E-state index is 13.9. The van der Waals surface area contributed by atoms with E-state index in [0.717, 1.165) is 0 Å². The molecule has 1 N–H and O–H groups in total. The second-order valence-electron chi connectivity index (χ2n) is 7.99. The zero-order valence-electron chi connectivity index (χ0n) is 17.3. The van der Waals surface area contributed by atoms with Gasteiger partial charge in [-0.25, -0.2) is 4.39 Å². The molecule has 2 aromatic rings. The zero-order chi connectivity index (χ0) is 21.9. The summed E-state index contributed by atoms with van der Waals surface area (Å²) in [4.78, 5) is 12.2. The molecule has 0 fully saturated rings. The molecule has 0 saturated carbocycles. The van der Waals surface area contributed by atoms with Gasteiger partial charge in [0, 0.05) is 17.5 Å². The van der Waals surface area contributed by atoms with Crippen molar-refractivity contribution in [3.63, 3.8) is 0 Å². The van der Waals surface area contributed by atoms with E-state index in [1.165, 1.54) is 12.1 Å². The van der Waals surface area contributed by atoms with Gasteiger partial charge in [-0.2, -0.15) is 0 Å². The number of carbonyl (C=O) groups excluding carboxylic acids is 1. The fraction of sp³-hybridized carbons (Fsp3) is 0.435. The Labute approximate surface area is 180 Å². The molecule has 5 nitrogen and oxygen atoms in total. The van der Waals surface area contributed by atoms with E-state index in [9.17, 15) is 14.3 Å². The molecule has 7 heteroatoms. The van der Waals surface area contributed by atoms with E-state index < -0.39 is 17.3 Å². The largest absolute Gasteiger partial charge is 0.490 e. The minimum Gasteiger partial charge on any atom is -0.490 e. The van der Waals surface area contributed by atoms with Crippen LogP contribution in [0, 0.1) is 11.2 Å². The summed E-state index contributed by atoms with van der Waals surface area (Å²) in [5.41, 5.74) is 0.146. The van der Waals surface area contributed by atoms with Crippen molar-refractivity contribution in [3.8, 4) is 11.5 Å². The minimum absolute atomic E-state index is 0.0302. The molecule has 2 aromatic carbocycles. The molecule has 2 unspecified atom stereocenters. The summed E-state index contributed by atoms with van der Waals surface area (Å²) in [5, 5.41) is 10.9. The van der Waals surface area contributed by atoms with Crippen molar-refractivity contribution in [2.75, 3.05) is 6.61 Å². The highest BCUT2D eigenvalue weighted by atomic mass is 35.5. The van der Waals surface area contributed by atoms with Crippen LogP contribution < -0.4 is 9.47 Å². The molecular weight excluding hydrogens is 411 g/mol. The second-order valence-corrected chi connectivity index (χ2v) is 8.40. The van der Waals surface area contributed by atoms with E-state index in [4.69, 9.17) is 25.8 Å². The Kier molecular flexibility index (Phi) is 6.88. The molecule has 0 aliphatic carbocycles. The molecule has 0 amide bonds. The first-order valence-corrected chi connectivity index (χ1v) is 10.3. The van der Waals surface area contributed by atoms with Crippen molar-refractivity contribution >= 4 is 17.6 Å². The number of esters is 1. The van der Waals surface area contributed by atoms with Gasteiger partial charge in [0.2, 0.25) is 0 Å². The van der Waals surface area contributed by atoms with Crippen molar-refractivity contribution < 1.29 is 28.5 Å². The Balaban J connectivity index is 1.69. The summed E-state index contributed by atoms with van der Waals surface area (Å²) >= 11 is 6.03. The fourth-order valence-corrected chi connectivity index (χ4v) is 3.73. The van der Waals surface area contributed by atoms with Crippen LogP contribution in [0.4, 0.5) is 4.39 Å². The van der Waals surface area contributed by atoms with Gasteiger partial charge in [-0.05, 0) is 57.5 Å². The maximum Gasteiger partial charge on any atom is 0.311 e. The Morgan fingerprint density at radius 1 is 1.33 bits per heavy atom. The van der Waals surface area contributed by atoms with Gasteiger partial charge in [0.25, 0.3) is 0 Å². The van der Waals surface area contributed by atoms with E-state index in [2.05, 4.69) is 0 Å². The van der Waals surface area contributed by atoms with Crippen LogP contribution in [0.15, 0.2) is 36.4 Å². The third-order valence-electron chi connectivity index (χ3n) is 5.13. The normalized spacial score (nSPS) is 18.3. The summed E-state index contributed by atoms with van der Waals surface area (Å²) in [6, 6.07) is 9.55. The summed E-state index contributed by atoms with van der Waals surface area (Å²) in [5.74, 6) is 0.288. The van der Waals surface area contributed by atoms with Crippen LogP contribution in [0.1, 0.15) is 50.8 Å². The highest BCUT2D eigenvalue weighted by molar-refractivity contribution is 6.31. The number of rotatable bonds is 7. The van der Waals surface area contributed by atoms with Crippen molar-refractivity contribution in [3.05, 3.63) is 58.4 Å². The van der Waals surface area contributed by atoms with Crippen LogP contribution in [0.5, 0.6) is 11.5 Å². The number of benzene rings is 2. The molecule has 0 spiro atoms. The van der Waals surface area contributed by atoms with Crippen LogP contribution >= 0.6 is 11.6 Å². The lowest BCUT2D eigenvalue weighted by Crippen LogP contribution is -2.35. The number of hydrogen-bond donors (Lipinski definition) is 1. The van der Waals surface area contributed by atoms with Crippen LogP contribution in [-0.4, -0.2) is 23.8 Å². The number of aliphatic hydroxyl groups is 1. The van der Waals surface area contributed by atoms with E-state index in [0.29, 0.717) is 41.5 Å². The molecule has 2 atom stereocenters. The molecule has 3 rings (SSSR count). The van der Waals surface area contributed by atoms with Gasteiger partial charge in [-0.3, -0.25) is 4.79 Å². The number of carbonyl (C=O) groups is 1. The minimum atomic E-state index is -0.766. The van der Waals surface area contributed by atoms with Crippen LogP contribution in [0.3, 0.4) is 0 Å². The quantitative estimate of drug-likeness (QED) is 0.602. The summed E-state index contributed by atoms with van der Waals surface area (Å²) in [6.07, 6.45) is -0.321. The molecule has 0 saturated heterocycles.